The molecule has 0 aliphatic carbocycles. The van der Waals surface area contributed by atoms with Crippen LogP contribution in [0.4, 0.5) is 5.69 Å². The van der Waals surface area contributed by atoms with E-state index >= 15 is 0 Å². The van der Waals surface area contributed by atoms with Gasteiger partial charge in [-0.2, -0.15) is 5.21 Å². The molecule has 0 bridgehead atoms. The fourth-order valence-corrected chi connectivity index (χ4v) is 4.03. The number of anilines is 1. The maximum absolute atomic E-state index is 13.2. The van der Waals surface area contributed by atoms with Gasteiger partial charge in [-0.3, -0.25) is 9.59 Å². The Kier molecular flexibility index (Phi) is 8.47. The molecule has 0 aliphatic heterocycles. The highest BCUT2D eigenvalue weighted by atomic mass is 35.5. The number of carbonyl (C=O) groups excluding carboxylic acids is 2. The van der Waals surface area contributed by atoms with Crippen molar-refractivity contribution in [1.29, 1.82) is 0 Å². The fourth-order valence-electron chi connectivity index (χ4n) is 3.59. The van der Waals surface area contributed by atoms with Gasteiger partial charge in [-0.05, 0) is 58.8 Å². The summed E-state index contributed by atoms with van der Waals surface area (Å²) in [5.74, 6) is -1.89. The molecule has 4 aromatic rings. The topological polar surface area (TPSA) is 150 Å². The molecule has 4 N–H and O–H groups in total. The molecule has 0 radical (unpaired) electrons. The molecule has 0 spiro atoms. The number of nitrogens with one attached hydrogen (secondary N) is 3. The van der Waals surface area contributed by atoms with Gasteiger partial charge in [0.25, 0.3) is 0 Å². The minimum Gasteiger partial charge on any atom is -0.478 e. The number of H-pyrrole nitrogens is 1. The van der Waals surface area contributed by atoms with Gasteiger partial charge in [-0.1, -0.05) is 53.5 Å². The van der Waals surface area contributed by atoms with Crippen LogP contribution in [0, 0.1) is 0 Å². The Morgan fingerprint density at radius 3 is 2.50 bits per heavy atom. The van der Waals surface area contributed by atoms with Crippen LogP contribution in [0.2, 0.25) is 10.0 Å². The summed E-state index contributed by atoms with van der Waals surface area (Å²) in [4.78, 5) is 37.3. The SMILES string of the molecule is O=C(/C=C/c1cc(Cl)ccc1-c1nn[nH]n1)N[C@@H](Cc1ccccc1)C(=O)Nc1ccc(C(=O)O)c(Cl)c1. The number of tetrazole rings is 1. The van der Waals surface area contributed by atoms with Crippen molar-refractivity contribution in [1.82, 2.24) is 25.9 Å². The molecular formula is C26H20Cl2N6O4. The summed E-state index contributed by atoms with van der Waals surface area (Å²) in [7, 11) is 0. The largest absolute Gasteiger partial charge is 0.478 e. The van der Waals surface area contributed by atoms with Crippen molar-refractivity contribution < 1.29 is 19.5 Å². The molecular weight excluding hydrogens is 531 g/mol. The van der Waals surface area contributed by atoms with E-state index in [2.05, 4.69) is 31.3 Å². The zero-order chi connectivity index (χ0) is 27.1. The van der Waals surface area contributed by atoms with Crippen molar-refractivity contribution in [2.24, 2.45) is 0 Å². The number of nitrogens with zero attached hydrogens (tertiary/aromatic N) is 3. The van der Waals surface area contributed by atoms with Crippen LogP contribution in [0.15, 0.2) is 72.8 Å². The predicted octanol–water partition coefficient (Wildman–Crippen LogP) is 4.25. The quantitative estimate of drug-likeness (QED) is 0.227. The van der Waals surface area contributed by atoms with E-state index in [4.69, 9.17) is 28.3 Å². The summed E-state index contributed by atoms with van der Waals surface area (Å²) in [5, 5.41) is 28.9. The second-order valence-corrected chi connectivity index (χ2v) is 8.88. The number of carboxylic acids is 1. The lowest BCUT2D eigenvalue weighted by Crippen LogP contribution is -2.44. The van der Waals surface area contributed by atoms with Gasteiger partial charge in [0.1, 0.15) is 6.04 Å². The molecule has 192 valence electrons. The van der Waals surface area contributed by atoms with Crippen LogP contribution in [-0.4, -0.2) is 49.6 Å². The highest BCUT2D eigenvalue weighted by molar-refractivity contribution is 6.33. The number of aromatic amines is 1. The summed E-state index contributed by atoms with van der Waals surface area (Å²) in [5.41, 5.74) is 2.20. The molecule has 0 aliphatic rings. The lowest BCUT2D eigenvalue weighted by Gasteiger charge is -2.18. The Hall–Kier alpha value is -4.54. The summed E-state index contributed by atoms with van der Waals surface area (Å²) in [6.45, 7) is 0. The first-order valence-electron chi connectivity index (χ1n) is 11.2. The van der Waals surface area contributed by atoms with E-state index in [1.54, 1.807) is 18.2 Å². The van der Waals surface area contributed by atoms with E-state index in [0.717, 1.165) is 5.56 Å². The Labute approximate surface area is 226 Å². The Morgan fingerprint density at radius 1 is 1.03 bits per heavy atom. The van der Waals surface area contributed by atoms with E-state index < -0.39 is 23.8 Å². The van der Waals surface area contributed by atoms with E-state index in [0.29, 0.717) is 22.0 Å². The Balaban J connectivity index is 1.53. The minimum atomic E-state index is -1.18. The monoisotopic (exact) mass is 550 g/mol. The zero-order valence-electron chi connectivity index (χ0n) is 19.6. The third-order valence-electron chi connectivity index (χ3n) is 5.40. The number of halogens is 2. The van der Waals surface area contributed by atoms with Crippen LogP contribution in [0.5, 0.6) is 0 Å². The normalized spacial score (nSPS) is 11.7. The molecule has 0 saturated carbocycles. The van der Waals surface area contributed by atoms with Crippen LogP contribution in [0.1, 0.15) is 21.5 Å². The van der Waals surface area contributed by atoms with Gasteiger partial charge < -0.3 is 15.7 Å². The molecule has 1 heterocycles. The maximum Gasteiger partial charge on any atom is 0.337 e. The van der Waals surface area contributed by atoms with Crippen molar-refractivity contribution >= 4 is 52.7 Å². The van der Waals surface area contributed by atoms with Gasteiger partial charge in [-0.15, -0.1) is 10.2 Å². The number of carbonyl (C=O) groups is 3. The average Bonchev–Trinajstić information content (AvgIpc) is 3.42. The number of benzene rings is 3. The van der Waals surface area contributed by atoms with Crippen molar-refractivity contribution in [3.8, 4) is 11.4 Å². The second-order valence-electron chi connectivity index (χ2n) is 8.04. The summed E-state index contributed by atoms with van der Waals surface area (Å²) in [6.07, 6.45) is 3.02. The van der Waals surface area contributed by atoms with E-state index in [1.807, 2.05) is 30.3 Å². The smallest absolute Gasteiger partial charge is 0.337 e. The van der Waals surface area contributed by atoms with E-state index in [1.165, 1.54) is 30.4 Å². The maximum atomic E-state index is 13.2. The number of carboxylic acid groups (broad SMARTS) is 1. The number of hydrogen-bond donors (Lipinski definition) is 4. The Bertz CT molecular complexity index is 1490. The third-order valence-corrected chi connectivity index (χ3v) is 5.94. The lowest BCUT2D eigenvalue weighted by molar-refractivity contribution is -0.123. The van der Waals surface area contributed by atoms with Crippen molar-refractivity contribution in [3.05, 3.63) is 99.5 Å². The highest BCUT2D eigenvalue weighted by Gasteiger charge is 2.21. The van der Waals surface area contributed by atoms with Crippen molar-refractivity contribution in [2.75, 3.05) is 5.32 Å². The molecule has 1 atom stereocenters. The van der Waals surface area contributed by atoms with Gasteiger partial charge in [0.15, 0.2) is 0 Å². The summed E-state index contributed by atoms with van der Waals surface area (Å²) in [6, 6.07) is 17.3. The first-order valence-corrected chi connectivity index (χ1v) is 12.0. The van der Waals surface area contributed by atoms with Crippen LogP contribution in [0.3, 0.4) is 0 Å². The number of aromatic carboxylic acids is 1. The standard InChI is InChI=1S/C26H20Cl2N6O4/c27-17-7-9-19(24-31-33-34-32-24)16(13-17)6-11-23(35)30-22(12-15-4-2-1-3-5-15)25(36)29-18-8-10-20(26(37)38)21(28)14-18/h1-11,13-14,22H,12H2,(H,29,36)(H,30,35)(H,37,38)(H,31,32,33,34)/b11-6+/t22-/m0/s1. The molecule has 12 heteroatoms. The molecule has 2 amide bonds. The average molecular weight is 551 g/mol. The molecule has 38 heavy (non-hydrogen) atoms. The molecule has 4 rings (SSSR count). The first-order chi connectivity index (χ1) is 18.3. The molecule has 0 saturated heterocycles. The van der Waals surface area contributed by atoms with Gasteiger partial charge in [0.2, 0.25) is 17.6 Å². The van der Waals surface area contributed by atoms with Crippen LogP contribution in [-0.2, 0) is 16.0 Å². The molecule has 3 aromatic carbocycles. The molecule has 0 unspecified atom stereocenters. The van der Waals surface area contributed by atoms with Gasteiger partial charge >= 0.3 is 5.97 Å². The van der Waals surface area contributed by atoms with Crippen molar-refractivity contribution in [3.63, 3.8) is 0 Å². The predicted molar refractivity (Wildman–Crippen MR) is 143 cm³/mol. The van der Waals surface area contributed by atoms with Gasteiger partial charge in [-0.25, -0.2) is 4.79 Å². The molecule has 0 fully saturated rings. The number of rotatable bonds is 9. The number of aromatic nitrogens is 4. The number of amides is 2. The van der Waals surface area contributed by atoms with E-state index in [-0.39, 0.29) is 22.7 Å². The van der Waals surface area contributed by atoms with Crippen LogP contribution in [0.25, 0.3) is 17.5 Å². The van der Waals surface area contributed by atoms with Crippen LogP contribution >= 0.6 is 23.2 Å². The molecule has 1 aromatic heterocycles. The number of hydrogen-bond acceptors (Lipinski definition) is 6. The van der Waals surface area contributed by atoms with E-state index in [9.17, 15) is 14.4 Å². The van der Waals surface area contributed by atoms with Gasteiger partial charge in [0.05, 0.1) is 10.6 Å². The summed E-state index contributed by atoms with van der Waals surface area (Å²) >= 11 is 12.2. The zero-order valence-corrected chi connectivity index (χ0v) is 21.1. The minimum absolute atomic E-state index is 0.0270. The Morgan fingerprint density at radius 2 is 1.82 bits per heavy atom. The lowest BCUT2D eigenvalue weighted by atomic mass is 10.0. The van der Waals surface area contributed by atoms with Crippen molar-refractivity contribution in [2.45, 2.75) is 12.5 Å². The highest BCUT2D eigenvalue weighted by Crippen LogP contribution is 2.25. The molecule has 10 nitrogen and oxygen atoms in total. The first kappa shape index (κ1) is 26.5. The fraction of sp³-hybridized carbons (Fsp3) is 0.0769. The van der Waals surface area contributed by atoms with Crippen LogP contribution < -0.4 is 10.6 Å². The second kappa shape index (κ2) is 12.1. The summed E-state index contributed by atoms with van der Waals surface area (Å²) < 4.78 is 0. The van der Waals surface area contributed by atoms with Gasteiger partial charge in [0, 0.05) is 28.8 Å². The third kappa shape index (κ3) is 6.81.